The van der Waals surface area contributed by atoms with Gasteiger partial charge in [0.05, 0.1) is 0 Å². The molecule has 0 bridgehead atoms. The van der Waals surface area contributed by atoms with Crippen molar-refractivity contribution < 1.29 is 0 Å². The number of hydrogen-bond acceptors (Lipinski definition) is 2. The third kappa shape index (κ3) is 3.73. The quantitative estimate of drug-likeness (QED) is 0.887. The van der Waals surface area contributed by atoms with E-state index in [4.69, 9.17) is 0 Å². The van der Waals surface area contributed by atoms with Crippen molar-refractivity contribution in [3.05, 3.63) is 29.8 Å². The molecule has 1 heterocycles. The van der Waals surface area contributed by atoms with E-state index >= 15 is 0 Å². The summed E-state index contributed by atoms with van der Waals surface area (Å²) in [5.74, 6) is 0. The van der Waals surface area contributed by atoms with Gasteiger partial charge in [-0.25, -0.2) is 0 Å². The van der Waals surface area contributed by atoms with Gasteiger partial charge < -0.3 is 5.32 Å². The van der Waals surface area contributed by atoms with Crippen LogP contribution in [0.5, 0.6) is 0 Å². The molecule has 106 valence electrons. The molecule has 0 spiro atoms. The minimum atomic E-state index is 0.236. The first kappa shape index (κ1) is 14.4. The molecule has 1 fully saturated rings. The SMILES string of the molecule is CC(C)N1CCC(Nc2ccc(C(C)(C)C)cc2)C1. The van der Waals surface area contributed by atoms with Gasteiger partial charge >= 0.3 is 0 Å². The van der Waals surface area contributed by atoms with Gasteiger partial charge in [0.2, 0.25) is 0 Å². The second kappa shape index (κ2) is 5.54. The topological polar surface area (TPSA) is 15.3 Å². The van der Waals surface area contributed by atoms with Crippen molar-refractivity contribution in [2.75, 3.05) is 18.4 Å². The van der Waals surface area contributed by atoms with E-state index in [9.17, 15) is 0 Å². The van der Waals surface area contributed by atoms with Gasteiger partial charge in [0, 0.05) is 30.9 Å². The molecule has 0 aromatic heterocycles. The molecule has 1 saturated heterocycles. The minimum absolute atomic E-state index is 0.236. The molecule has 1 aromatic carbocycles. The van der Waals surface area contributed by atoms with Crippen LogP contribution in [0.4, 0.5) is 5.69 Å². The smallest absolute Gasteiger partial charge is 0.0400 e. The van der Waals surface area contributed by atoms with E-state index in [1.807, 2.05) is 0 Å². The summed E-state index contributed by atoms with van der Waals surface area (Å²) in [6.07, 6.45) is 1.25. The van der Waals surface area contributed by atoms with Gasteiger partial charge in [-0.15, -0.1) is 0 Å². The lowest BCUT2D eigenvalue weighted by Gasteiger charge is -2.22. The summed E-state index contributed by atoms with van der Waals surface area (Å²) in [6, 6.07) is 10.2. The van der Waals surface area contributed by atoms with Gasteiger partial charge in [0.25, 0.3) is 0 Å². The molecule has 1 atom stereocenters. The molecule has 2 heteroatoms. The Morgan fingerprint density at radius 2 is 1.79 bits per heavy atom. The Hall–Kier alpha value is -1.02. The van der Waals surface area contributed by atoms with Crippen LogP contribution in [0.2, 0.25) is 0 Å². The average molecular weight is 260 g/mol. The maximum absolute atomic E-state index is 3.66. The average Bonchev–Trinajstić information content (AvgIpc) is 2.77. The van der Waals surface area contributed by atoms with Crippen molar-refractivity contribution >= 4 is 5.69 Å². The highest BCUT2D eigenvalue weighted by molar-refractivity contribution is 5.46. The zero-order valence-electron chi connectivity index (χ0n) is 13.0. The van der Waals surface area contributed by atoms with E-state index in [2.05, 4.69) is 69.1 Å². The molecule has 1 N–H and O–H groups in total. The van der Waals surface area contributed by atoms with E-state index in [1.165, 1.54) is 30.8 Å². The summed E-state index contributed by atoms with van der Waals surface area (Å²) < 4.78 is 0. The van der Waals surface area contributed by atoms with Crippen molar-refractivity contribution in [3.8, 4) is 0 Å². The standard InChI is InChI=1S/C17H28N2/c1-13(2)19-11-10-16(12-19)18-15-8-6-14(7-9-15)17(3,4)5/h6-9,13,16,18H,10-12H2,1-5H3. The van der Waals surface area contributed by atoms with Gasteiger partial charge in [0.15, 0.2) is 0 Å². The number of anilines is 1. The molecule has 1 aromatic rings. The lowest BCUT2D eigenvalue weighted by Crippen LogP contribution is -2.31. The van der Waals surface area contributed by atoms with E-state index in [0.29, 0.717) is 12.1 Å². The number of benzene rings is 1. The van der Waals surface area contributed by atoms with Gasteiger partial charge in [-0.3, -0.25) is 4.90 Å². The molecule has 1 unspecified atom stereocenters. The fraction of sp³-hybridized carbons (Fsp3) is 0.647. The van der Waals surface area contributed by atoms with E-state index in [0.717, 1.165) is 0 Å². The van der Waals surface area contributed by atoms with Crippen LogP contribution in [0.25, 0.3) is 0 Å². The van der Waals surface area contributed by atoms with Crippen molar-refractivity contribution in [1.29, 1.82) is 0 Å². The van der Waals surface area contributed by atoms with Crippen molar-refractivity contribution in [1.82, 2.24) is 4.90 Å². The van der Waals surface area contributed by atoms with Crippen molar-refractivity contribution in [3.63, 3.8) is 0 Å². The molecule has 0 radical (unpaired) electrons. The number of nitrogens with one attached hydrogen (secondary N) is 1. The Kier molecular flexibility index (Phi) is 4.19. The van der Waals surface area contributed by atoms with Gasteiger partial charge in [-0.1, -0.05) is 32.9 Å². The third-order valence-electron chi connectivity index (χ3n) is 4.07. The predicted octanol–water partition coefficient (Wildman–Crippen LogP) is 3.88. The summed E-state index contributed by atoms with van der Waals surface area (Å²) in [5, 5.41) is 3.66. The van der Waals surface area contributed by atoms with Crippen LogP contribution in [-0.4, -0.2) is 30.1 Å². The van der Waals surface area contributed by atoms with Crippen LogP contribution in [0.3, 0.4) is 0 Å². The zero-order valence-corrected chi connectivity index (χ0v) is 13.0. The summed E-state index contributed by atoms with van der Waals surface area (Å²) in [6.45, 7) is 13.7. The molecule has 1 aliphatic heterocycles. The van der Waals surface area contributed by atoms with Crippen LogP contribution in [0.1, 0.15) is 46.6 Å². The van der Waals surface area contributed by atoms with Crippen LogP contribution in [0, 0.1) is 0 Å². The van der Waals surface area contributed by atoms with Crippen LogP contribution in [0.15, 0.2) is 24.3 Å². The second-order valence-electron chi connectivity index (χ2n) is 7.05. The molecule has 0 saturated carbocycles. The zero-order chi connectivity index (χ0) is 14.0. The predicted molar refractivity (Wildman–Crippen MR) is 83.9 cm³/mol. The Labute approximate surface area is 118 Å². The lowest BCUT2D eigenvalue weighted by atomic mass is 9.87. The molecular weight excluding hydrogens is 232 g/mol. The molecule has 1 aliphatic rings. The van der Waals surface area contributed by atoms with Gasteiger partial charge in [0.1, 0.15) is 0 Å². The van der Waals surface area contributed by atoms with Crippen LogP contribution >= 0.6 is 0 Å². The number of likely N-dealkylation sites (tertiary alicyclic amines) is 1. The van der Waals surface area contributed by atoms with E-state index in [-0.39, 0.29) is 5.41 Å². The first-order valence-electron chi connectivity index (χ1n) is 7.47. The Morgan fingerprint density at radius 1 is 1.16 bits per heavy atom. The van der Waals surface area contributed by atoms with Crippen LogP contribution < -0.4 is 5.32 Å². The molecule has 2 nitrogen and oxygen atoms in total. The normalized spacial score (nSPS) is 21.1. The first-order valence-corrected chi connectivity index (χ1v) is 7.47. The highest BCUT2D eigenvalue weighted by Gasteiger charge is 2.23. The Morgan fingerprint density at radius 3 is 2.26 bits per heavy atom. The Balaban J connectivity index is 1.94. The van der Waals surface area contributed by atoms with E-state index in [1.54, 1.807) is 0 Å². The number of nitrogens with zero attached hydrogens (tertiary/aromatic N) is 1. The molecule has 0 aliphatic carbocycles. The van der Waals surface area contributed by atoms with Crippen molar-refractivity contribution in [2.45, 2.75) is 58.5 Å². The van der Waals surface area contributed by atoms with Gasteiger partial charge in [-0.2, -0.15) is 0 Å². The molecular formula is C17H28N2. The monoisotopic (exact) mass is 260 g/mol. The molecule has 2 rings (SSSR count). The lowest BCUT2D eigenvalue weighted by molar-refractivity contribution is 0.274. The second-order valence-corrected chi connectivity index (χ2v) is 7.05. The first-order chi connectivity index (χ1) is 8.86. The highest BCUT2D eigenvalue weighted by atomic mass is 15.2. The summed E-state index contributed by atoms with van der Waals surface area (Å²) in [4.78, 5) is 2.54. The highest BCUT2D eigenvalue weighted by Crippen LogP contribution is 2.24. The summed E-state index contributed by atoms with van der Waals surface area (Å²) >= 11 is 0. The van der Waals surface area contributed by atoms with E-state index < -0.39 is 0 Å². The van der Waals surface area contributed by atoms with Gasteiger partial charge in [-0.05, 0) is 43.4 Å². The van der Waals surface area contributed by atoms with Crippen molar-refractivity contribution in [2.24, 2.45) is 0 Å². The fourth-order valence-electron chi connectivity index (χ4n) is 2.68. The minimum Gasteiger partial charge on any atom is -0.381 e. The summed E-state index contributed by atoms with van der Waals surface area (Å²) in [5.41, 5.74) is 2.89. The number of hydrogen-bond donors (Lipinski definition) is 1. The maximum Gasteiger partial charge on any atom is 0.0400 e. The molecule has 19 heavy (non-hydrogen) atoms. The third-order valence-corrected chi connectivity index (χ3v) is 4.07. The summed E-state index contributed by atoms with van der Waals surface area (Å²) in [7, 11) is 0. The maximum atomic E-state index is 3.66. The number of rotatable bonds is 3. The largest absolute Gasteiger partial charge is 0.381 e. The molecule has 0 amide bonds. The van der Waals surface area contributed by atoms with Crippen LogP contribution in [-0.2, 0) is 5.41 Å². The fourth-order valence-corrected chi connectivity index (χ4v) is 2.68. The Bertz CT molecular complexity index is 400.